The van der Waals surface area contributed by atoms with E-state index in [0.29, 0.717) is 22.6 Å². The van der Waals surface area contributed by atoms with Crippen molar-refractivity contribution in [2.24, 2.45) is 0 Å². The highest BCUT2D eigenvalue weighted by Gasteiger charge is 2.15. The fourth-order valence-corrected chi connectivity index (χ4v) is 2.66. The van der Waals surface area contributed by atoms with Gasteiger partial charge in [0.1, 0.15) is 5.82 Å². The molecule has 0 aliphatic carbocycles. The van der Waals surface area contributed by atoms with Crippen LogP contribution in [0.5, 0.6) is 0 Å². The van der Waals surface area contributed by atoms with Gasteiger partial charge in [0.25, 0.3) is 5.91 Å². The maximum atomic E-state index is 12.9. The highest BCUT2D eigenvalue weighted by Crippen LogP contribution is 2.17. The summed E-state index contributed by atoms with van der Waals surface area (Å²) in [5, 5.41) is 6.23. The van der Waals surface area contributed by atoms with E-state index in [2.05, 4.69) is 26.6 Å². The van der Waals surface area contributed by atoms with Crippen LogP contribution in [0.3, 0.4) is 0 Å². The summed E-state index contributed by atoms with van der Waals surface area (Å²) in [7, 11) is 0. The Balaban J connectivity index is 0.00000180. The van der Waals surface area contributed by atoms with Gasteiger partial charge in [0.05, 0.1) is 5.56 Å². The van der Waals surface area contributed by atoms with E-state index >= 15 is 0 Å². The second-order valence-corrected chi connectivity index (χ2v) is 5.32. The molecule has 1 fully saturated rings. The van der Waals surface area contributed by atoms with Crippen LogP contribution >= 0.6 is 28.3 Å². The van der Waals surface area contributed by atoms with Crippen LogP contribution in [0.1, 0.15) is 29.6 Å². The molecule has 6 heteroatoms. The number of hydrogen-bond donors (Lipinski definition) is 2. The molecule has 0 radical (unpaired) electrons. The number of rotatable bonds is 4. The molecule has 0 spiro atoms. The number of nitrogens with one attached hydrogen (secondary N) is 2. The molecule has 0 bridgehead atoms. The standard InChI is InChI=1S/C13H16BrFN2O.ClH/c14-12-8-9(15)3-4-11(12)13(18)17-7-5-10-2-1-6-16-10;/h3-4,8,10,16H,1-2,5-7H2,(H,17,18);1H/t10-;/m1./s1. The third-order valence-corrected chi connectivity index (χ3v) is 3.77. The topological polar surface area (TPSA) is 41.1 Å². The van der Waals surface area contributed by atoms with E-state index in [4.69, 9.17) is 0 Å². The summed E-state index contributed by atoms with van der Waals surface area (Å²) in [5.41, 5.74) is 0.468. The van der Waals surface area contributed by atoms with Crippen LogP contribution in [0, 0.1) is 5.82 Å². The molecular formula is C13H17BrClFN2O. The minimum Gasteiger partial charge on any atom is -0.352 e. The van der Waals surface area contributed by atoms with Gasteiger partial charge in [0, 0.05) is 17.1 Å². The largest absolute Gasteiger partial charge is 0.352 e. The van der Waals surface area contributed by atoms with Crippen LogP contribution < -0.4 is 10.6 Å². The quantitative estimate of drug-likeness (QED) is 0.876. The molecular weight excluding hydrogens is 335 g/mol. The number of carbonyl (C=O) groups is 1. The molecule has 1 aliphatic heterocycles. The Labute approximate surface area is 126 Å². The van der Waals surface area contributed by atoms with Gasteiger partial charge in [-0.3, -0.25) is 4.79 Å². The zero-order chi connectivity index (χ0) is 13.0. The number of amides is 1. The van der Waals surface area contributed by atoms with Crippen molar-refractivity contribution in [2.75, 3.05) is 13.1 Å². The lowest BCUT2D eigenvalue weighted by Gasteiger charge is -2.11. The molecule has 0 saturated carbocycles. The average molecular weight is 352 g/mol. The van der Waals surface area contributed by atoms with Gasteiger partial charge < -0.3 is 10.6 Å². The van der Waals surface area contributed by atoms with Crippen molar-refractivity contribution < 1.29 is 9.18 Å². The predicted octanol–water partition coefficient (Wildman–Crippen LogP) is 2.88. The Morgan fingerprint density at radius 2 is 2.32 bits per heavy atom. The second-order valence-electron chi connectivity index (χ2n) is 4.46. The first-order valence-corrected chi connectivity index (χ1v) is 6.93. The average Bonchev–Trinajstić information content (AvgIpc) is 2.81. The minimum absolute atomic E-state index is 0. The molecule has 2 N–H and O–H groups in total. The first-order chi connectivity index (χ1) is 8.66. The molecule has 1 heterocycles. The van der Waals surface area contributed by atoms with Crippen molar-refractivity contribution in [3.63, 3.8) is 0 Å². The zero-order valence-electron chi connectivity index (χ0n) is 10.4. The van der Waals surface area contributed by atoms with Crippen LogP contribution in [0.4, 0.5) is 4.39 Å². The normalized spacial score (nSPS) is 17.9. The predicted molar refractivity (Wildman–Crippen MR) is 79.3 cm³/mol. The maximum Gasteiger partial charge on any atom is 0.252 e. The summed E-state index contributed by atoms with van der Waals surface area (Å²) in [4.78, 5) is 11.9. The lowest BCUT2D eigenvalue weighted by atomic mass is 10.1. The number of halogens is 3. The van der Waals surface area contributed by atoms with Gasteiger partial charge in [0.15, 0.2) is 0 Å². The molecule has 1 aromatic rings. The van der Waals surface area contributed by atoms with Crippen molar-refractivity contribution in [3.8, 4) is 0 Å². The first-order valence-electron chi connectivity index (χ1n) is 6.13. The van der Waals surface area contributed by atoms with Gasteiger partial charge in [-0.25, -0.2) is 4.39 Å². The first kappa shape index (κ1) is 16.4. The lowest BCUT2D eigenvalue weighted by molar-refractivity contribution is 0.0951. The molecule has 0 unspecified atom stereocenters. The summed E-state index contributed by atoms with van der Waals surface area (Å²) in [6.07, 6.45) is 3.32. The van der Waals surface area contributed by atoms with Crippen LogP contribution in [-0.2, 0) is 0 Å². The van der Waals surface area contributed by atoms with Gasteiger partial charge in [-0.15, -0.1) is 12.4 Å². The SMILES string of the molecule is Cl.O=C(NCC[C@H]1CCCN1)c1ccc(F)cc1Br. The fraction of sp³-hybridized carbons (Fsp3) is 0.462. The van der Waals surface area contributed by atoms with Gasteiger partial charge in [-0.2, -0.15) is 0 Å². The highest BCUT2D eigenvalue weighted by molar-refractivity contribution is 9.10. The van der Waals surface area contributed by atoms with E-state index in [1.807, 2.05) is 0 Å². The molecule has 106 valence electrons. The Morgan fingerprint density at radius 1 is 1.53 bits per heavy atom. The van der Waals surface area contributed by atoms with Crippen molar-refractivity contribution in [3.05, 3.63) is 34.1 Å². The number of carbonyl (C=O) groups excluding carboxylic acids is 1. The Kier molecular flexibility index (Phi) is 6.75. The van der Waals surface area contributed by atoms with E-state index in [0.717, 1.165) is 13.0 Å². The number of hydrogen-bond acceptors (Lipinski definition) is 2. The molecule has 1 aliphatic rings. The van der Waals surface area contributed by atoms with Crippen molar-refractivity contribution in [1.82, 2.24) is 10.6 Å². The van der Waals surface area contributed by atoms with Crippen molar-refractivity contribution in [1.29, 1.82) is 0 Å². The molecule has 1 saturated heterocycles. The van der Waals surface area contributed by atoms with Crippen molar-refractivity contribution in [2.45, 2.75) is 25.3 Å². The van der Waals surface area contributed by atoms with Crippen LogP contribution in [0.15, 0.2) is 22.7 Å². The summed E-state index contributed by atoms with van der Waals surface area (Å²) < 4.78 is 13.4. The van der Waals surface area contributed by atoms with E-state index in [1.54, 1.807) is 0 Å². The number of benzene rings is 1. The minimum atomic E-state index is -0.353. The monoisotopic (exact) mass is 350 g/mol. The molecule has 19 heavy (non-hydrogen) atoms. The molecule has 1 amide bonds. The van der Waals surface area contributed by atoms with Gasteiger partial charge in [0.2, 0.25) is 0 Å². The van der Waals surface area contributed by atoms with Crippen LogP contribution in [-0.4, -0.2) is 25.0 Å². The molecule has 1 atom stereocenters. The van der Waals surface area contributed by atoms with Gasteiger partial charge >= 0.3 is 0 Å². The molecule has 0 aromatic heterocycles. The van der Waals surface area contributed by atoms with Crippen molar-refractivity contribution >= 4 is 34.2 Å². The van der Waals surface area contributed by atoms with Crippen LogP contribution in [0.2, 0.25) is 0 Å². The van der Waals surface area contributed by atoms with E-state index in [9.17, 15) is 9.18 Å². The second kappa shape index (κ2) is 7.82. The summed E-state index contributed by atoms with van der Waals surface area (Å²) in [5.74, 6) is -0.520. The van der Waals surface area contributed by atoms with Gasteiger partial charge in [-0.05, 0) is 59.9 Å². The van der Waals surface area contributed by atoms with E-state index < -0.39 is 0 Å². The Hall–Kier alpha value is -0.650. The molecule has 3 nitrogen and oxygen atoms in total. The smallest absolute Gasteiger partial charge is 0.252 e. The van der Waals surface area contributed by atoms with Gasteiger partial charge in [-0.1, -0.05) is 0 Å². The highest BCUT2D eigenvalue weighted by atomic mass is 79.9. The molecule has 1 aromatic carbocycles. The summed E-state index contributed by atoms with van der Waals surface area (Å²) in [6, 6.07) is 4.59. The maximum absolute atomic E-state index is 12.9. The van der Waals surface area contributed by atoms with Crippen LogP contribution in [0.25, 0.3) is 0 Å². The lowest BCUT2D eigenvalue weighted by Crippen LogP contribution is -2.30. The van der Waals surface area contributed by atoms with E-state index in [1.165, 1.54) is 31.0 Å². The summed E-state index contributed by atoms with van der Waals surface area (Å²) >= 11 is 3.19. The Bertz CT molecular complexity index is 439. The third kappa shape index (κ3) is 4.75. The van der Waals surface area contributed by atoms with E-state index in [-0.39, 0.29) is 24.1 Å². The molecule has 2 rings (SSSR count). The third-order valence-electron chi connectivity index (χ3n) is 3.12. The zero-order valence-corrected chi connectivity index (χ0v) is 12.8. The fourth-order valence-electron chi connectivity index (χ4n) is 2.13. The Morgan fingerprint density at radius 3 is 2.95 bits per heavy atom. The summed E-state index contributed by atoms with van der Waals surface area (Å²) in [6.45, 7) is 1.71.